The molecule has 0 aliphatic rings. The Morgan fingerprint density at radius 3 is 2.50 bits per heavy atom. The first kappa shape index (κ1) is 13.3. The maximum atomic E-state index is 11.2. The summed E-state index contributed by atoms with van der Waals surface area (Å²) in [5.41, 5.74) is 0.481. The summed E-state index contributed by atoms with van der Waals surface area (Å²) in [6.45, 7) is 0. The normalized spacial score (nSPS) is 11.8. The number of benzene rings is 1. The third-order valence-corrected chi connectivity index (χ3v) is 3.69. The molecule has 1 aromatic heterocycles. The molecule has 96 valence electrons. The summed E-state index contributed by atoms with van der Waals surface area (Å²) in [4.78, 5) is 0. The van der Waals surface area contributed by atoms with Crippen molar-refractivity contribution < 1.29 is 8.42 Å². The van der Waals surface area contributed by atoms with Gasteiger partial charge in [0.2, 0.25) is 0 Å². The van der Waals surface area contributed by atoms with E-state index >= 15 is 0 Å². The molecule has 18 heavy (non-hydrogen) atoms. The second-order valence-corrected chi connectivity index (χ2v) is 5.83. The summed E-state index contributed by atoms with van der Waals surface area (Å²) in [5, 5.41) is 12.8. The molecule has 0 fully saturated rings. The van der Waals surface area contributed by atoms with E-state index < -0.39 is 10.0 Å². The highest BCUT2D eigenvalue weighted by Crippen LogP contribution is 2.29. The van der Waals surface area contributed by atoms with Gasteiger partial charge in [0, 0.05) is 17.6 Å². The lowest BCUT2D eigenvalue weighted by molar-refractivity contribution is 0.580. The smallest absolute Gasteiger partial charge is 0.273 e. The largest absolute Gasteiger partial charge is 0.300 e. The number of hydrogen-bond acceptors (Lipinski definition) is 4. The SMILES string of the molecule is Cn1c(-c2cc(Cl)ccc2Cl)nnc1S(N)(=O)=O. The predicted molar refractivity (Wildman–Crippen MR) is 67.8 cm³/mol. The van der Waals surface area contributed by atoms with Gasteiger partial charge in [0.05, 0.1) is 5.02 Å². The van der Waals surface area contributed by atoms with Crippen LogP contribution in [0.3, 0.4) is 0 Å². The van der Waals surface area contributed by atoms with Gasteiger partial charge in [-0.1, -0.05) is 23.2 Å². The van der Waals surface area contributed by atoms with E-state index in [1.807, 2.05) is 0 Å². The number of nitrogens with zero attached hydrogens (tertiary/aromatic N) is 3. The van der Waals surface area contributed by atoms with Crippen LogP contribution >= 0.6 is 23.2 Å². The molecule has 6 nitrogen and oxygen atoms in total. The summed E-state index contributed by atoms with van der Waals surface area (Å²) in [6, 6.07) is 4.77. The standard InChI is InChI=1S/C9H8Cl2N4O2S/c1-15-8(13-14-9(15)18(12,16)17)6-4-5(10)2-3-7(6)11/h2-4H,1H3,(H2,12,16,17). The quantitative estimate of drug-likeness (QED) is 0.908. The van der Waals surface area contributed by atoms with Crippen LogP contribution < -0.4 is 5.14 Å². The lowest BCUT2D eigenvalue weighted by Gasteiger charge is -2.05. The molecule has 1 aromatic carbocycles. The molecule has 0 bridgehead atoms. The number of aromatic nitrogens is 3. The van der Waals surface area contributed by atoms with Crippen molar-refractivity contribution in [3.63, 3.8) is 0 Å². The number of sulfonamides is 1. The van der Waals surface area contributed by atoms with Crippen molar-refractivity contribution in [3.05, 3.63) is 28.2 Å². The van der Waals surface area contributed by atoms with Gasteiger partial charge in [0.1, 0.15) is 0 Å². The van der Waals surface area contributed by atoms with Gasteiger partial charge >= 0.3 is 0 Å². The molecule has 0 unspecified atom stereocenters. The lowest BCUT2D eigenvalue weighted by Crippen LogP contribution is -2.17. The van der Waals surface area contributed by atoms with E-state index in [4.69, 9.17) is 28.3 Å². The minimum atomic E-state index is -3.93. The molecule has 0 radical (unpaired) electrons. The molecule has 0 atom stereocenters. The Labute approximate surface area is 113 Å². The van der Waals surface area contributed by atoms with Gasteiger partial charge in [0.15, 0.2) is 5.82 Å². The molecule has 9 heteroatoms. The molecule has 0 aliphatic heterocycles. The predicted octanol–water partition coefficient (Wildman–Crippen LogP) is 1.44. The number of hydrogen-bond donors (Lipinski definition) is 1. The summed E-state index contributed by atoms with van der Waals surface area (Å²) in [5.74, 6) is 0.270. The fourth-order valence-corrected chi connectivity index (χ4v) is 2.46. The number of primary sulfonamides is 1. The first-order chi connectivity index (χ1) is 8.30. The van der Waals surface area contributed by atoms with Crippen LogP contribution in [0.5, 0.6) is 0 Å². The average Bonchev–Trinajstić information content (AvgIpc) is 2.63. The summed E-state index contributed by atoms with van der Waals surface area (Å²) >= 11 is 11.9. The van der Waals surface area contributed by atoms with Crippen LogP contribution in [0.25, 0.3) is 11.4 Å². The molecule has 2 N–H and O–H groups in total. The second kappa shape index (κ2) is 4.51. The van der Waals surface area contributed by atoms with E-state index in [1.54, 1.807) is 18.2 Å². The summed E-state index contributed by atoms with van der Waals surface area (Å²) in [7, 11) is -2.45. The fourth-order valence-electron chi connectivity index (χ4n) is 1.47. The molecule has 0 saturated carbocycles. The zero-order valence-corrected chi connectivity index (χ0v) is 11.5. The van der Waals surface area contributed by atoms with Gasteiger partial charge in [-0.3, -0.25) is 4.57 Å². The van der Waals surface area contributed by atoms with Crippen LogP contribution in [-0.2, 0) is 17.1 Å². The Bertz CT molecular complexity index is 711. The molecule has 2 rings (SSSR count). The number of halogens is 2. The zero-order chi connectivity index (χ0) is 13.5. The van der Waals surface area contributed by atoms with E-state index in [9.17, 15) is 8.42 Å². The third kappa shape index (κ3) is 2.35. The van der Waals surface area contributed by atoms with Gasteiger partial charge in [-0.05, 0) is 18.2 Å². The Kier molecular flexibility index (Phi) is 3.33. The van der Waals surface area contributed by atoms with Crippen molar-refractivity contribution in [2.75, 3.05) is 0 Å². The van der Waals surface area contributed by atoms with Crippen molar-refractivity contribution in [2.45, 2.75) is 5.16 Å². The van der Waals surface area contributed by atoms with Gasteiger partial charge in [-0.25, -0.2) is 13.6 Å². The molecular weight excluding hydrogens is 299 g/mol. The topological polar surface area (TPSA) is 90.9 Å². The van der Waals surface area contributed by atoms with Gasteiger partial charge in [0.25, 0.3) is 15.2 Å². The highest BCUT2D eigenvalue weighted by Gasteiger charge is 2.20. The molecule has 0 aliphatic carbocycles. The Morgan fingerprint density at radius 2 is 1.94 bits per heavy atom. The minimum Gasteiger partial charge on any atom is -0.300 e. The summed E-state index contributed by atoms with van der Waals surface area (Å²) in [6.07, 6.45) is 0. The van der Waals surface area contributed by atoms with E-state index in [2.05, 4.69) is 10.2 Å². The van der Waals surface area contributed by atoms with Crippen LogP contribution in [0.2, 0.25) is 10.0 Å². The van der Waals surface area contributed by atoms with E-state index in [0.29, 0.717) is 15.6 Å². The van der Waals surface area contributed by atoms with E-state index in [1.165, 1.54) is 11.6 Å². The third-order valence-electron chi connectivity index (χ3n) is 2.26. The first-order valence-electron chi connectivity index (χ1n) is 4.68. The zero-order valence-electron chi connectivity index (χ0n) is 9.13. The Morgan fingerprint density at radius 1 is 1.28 bits per heavy atom. The van der Waals surface area contributed by atoms with Crippen molar-refractivity contribution >= 4 is 33.2 Å². The van der Waals surface area contributed by atoms with Crippen LogP contribution in [0.15, 0.2) is 23.4 Å². The van der Waals surface area contributed by atoms with Crippen LogP contribution in [0.1, 0.15) is 0 Å². The summed E-state index contributed by atoms with van der Waals surface area (Å²) < 4.78 is 23.7. The maximum absolute atomic E-state index is 11.2. The van der Waals surface area contributed by atoms with E-state index in [0.717, 1.165) is 0 Å². The average molecular weight is 307 g/mol. The maximum Gasteiger partial charge on any atom is 0.273 e. The highest BCUT2D eigenvalue weighted by molar-refractivity contribution is 7.89. The van der Waals surface area contributed by atoms with Crippen LogP contribution in [-0.4, -0.2) is 23.2 Å². The molecular formula is C9H8Cl2N4O2S. The van der Waals surface area contributed by atoms with E-state index in [-0.39, 0.29) is 11.0 Å². The number of nitrogens with two attached hydrogens (primary N) is 1. The minimum absolute atomic E-state index is 0.270. The first-order valence-corrected chi connectivity index (χ1v) is 6.98. The lowest BCUT2D eigenvalue weighted by atomic mass is 10.2. The molecule has 2 aromatic rings. The van der Waals surface area contributed by atoms with Crippen LogP contribution in [0, 0.1) is 0 Å². The van der Waals surface area contributed by atoms with Crippen molar-refractivity contribution in [3.8, 4) is 11.4 Å². The highest BCUT2D eigenvalue weighted by atomic mass is 35.5. The fraction of sp³-hybridized carbons (Fsp3) is 0.111. The van der Waals surface area contributed by atoms with Gasteiger partial charge in [-0.15, -0.1) is 10.2 Å². The van der Waals surface area contributed by atoms with Crippen molar-refractivity contribution in [1.29, 1.82) is 0 Å². The van der Waals surface area contributed by atoms with Gasteiger partial charge < -0.3 is 0 Å². The van der Waals surface area contributed by atoms with Crippen molar-refractivity contribution in [1.82, 2.24) is 14.8 Å². The molecule has 0 saturated heterocycles. The molecule has 1 heterocycles. The Hall–Kier alpha value is -1.15. The molecule has 0 spiro atoms. The second-order valence-electron chi connectivity index (χ2n) is 3.53. The number of rotatable bonds is 2. The monoisotopic (exact) mass is 306 g/mol. The van der Waals surface area contributed by atoms with Gasteiger partial charge in [-0.2, -0.15) is 0 Å². The molecule has 0 amide bonds. The van der Waals surface area contributed by atoms with Crippen LogP contribution in [0.4, 0.5) is 0 Å². The van der Waals surface area contributed by atoms with Crippen molar-refractivity contribution in [2.24, 2.45) is 12.2 Å². The Balaban J connectivity index is 2.67.